The Bertz CT molecular complexity index is 753. The zero-order valence-electron chi connectivity index (χ0n) is 16.5. The average molecular weight is 380 g/mol. The molecule has 2 aromatic rings. The van der Waals surface area contributed by atoms with Crippen molar-refractivity contribution < 1.29 is 19.1 Å². The molecule has 4 heteroatoms. The molecule has 0 spiro atoms. The predicted octanol–water partition coefficient (Wildman–Crippen LogP) is 4.39. The highest BCUT2D eigenvalue weighted by atomic mass is 16.5. The van der Waals surface area contributed by atoms with Crippen LogP contribution in [-0.4, -0.2) is 24.5 Å². The molecular weight excluding hydrogens is 352 g/mol. The molecule has 0 fully saturated rings. The topological polar surface area (TPSA) is 52.6 Å². The van der Waals surface area contributed by atoms with E-state index >= 15 is 0 Å². The molecule has 0 amide bonds. The van der Waals surface area contributed by atoms with Gasteiger partial charge in [0.25, 0.3) is 0 Å². The van der Waals surface area contributed by atoms with Crippen LogP contribution in [0.3, 0.4) is 0 Å². The Morgan fingerprint density at radius 1 is 0.964 bits per heavy atom. The van der Waals surface area contributed by atoms with Gasteiger partial charge in [-0.25, -0.2) is 4.79 Å². The van der Waals surface area contributed by atoms with E-state index in [1.54, 1.807) is 19.9 Å². The van der Waals surface area contributed by atoms with E-state index in [1.807, 2.05) is 60.7 Å². The summed E-state index contributed by atoms with van der Waals surface area (Å²) >= 11 is 0. The molecule has 0 saturated heterocycles. The Balaban J connectivity index is 2.10. The third-order valence-electron chi connectivity index (χ3n) is 4.42. The Labute approximate surface area is 167 Å². The minimum Gasteiger partial charge on any atom is -0.457 e. The fourth-order valence-corrected chi connectivity index (χ4v) is 2.97. The molecule has 0 aliphatic rings. The van der Waals surface area contributed by atoms with Crippen LogP contribution in [0.2, 0.25) is 0 Å². The first-order chi connectivity index (χ1) is 13.5. The van der Waals surface area contributed by atoms with E-state index in [0.29, 0.717) is 19.6 Å². The van der Waals surface area contributed by atoms with Gasteiger partial charge in [0.1, 0.15) is 0 Å². The number of rotatable bonds is 11. The average Bonchev–Trinajstić information content (AvgIpc) is 2.70. The normalized spacial score (nSPS) is 13.0. The number of carbonyl (C=O) groups excluding carboxylic acids is 2. The van der Waals surface area contributed by atoms with Crippen molar-refractivity contribution in [3.8, 4) is 0 Å². The van der Waals surface area contributed by atoms with Gasteiger partial charge in [0.2, 0.25) is 5.78 Å². The van der Waals surface area contributed by atoms with Gasteiger partial charge < -0.3 is 9.47 Å². The molecule has 0 aromatic heterocycles. The maximum atomic E-state index is 12.8. The Morgan fingerprint density at radius 2 is 1.54 bits per heavy atom. The summed E-state index contributed by atoms with van der Waals surface area (Å²) in [4.78, 5) is 25.1. The quantitative estimate of drug-likeness (QED) is 0.330. The first kappa shape index (κ1) is 21.6. The summed E-state index contributed by atoms with van der Waals surface area (Å²) < 4.78 is 11.0. The standard InChI is InChI=1S/C24H28O4/c1-4-21(17-27-16-20-13-9-6-10-14-20)22(15-19-11-7-5-8-12-19)23(25)24(26)28-18(2)3/h4-14,18,21-22H,1,15-17H2,2-3H3/t21-,22-/m1/s1. The van der Waals surface area contributed by atoms with Gasteiger partial charge in [-0.05, 0) is 31.4 Å². The minimum atomic E-state index is -0.800. The molecule has 0 bridgehead atoms. The second kappa shape index (κ2) is 11.2. The van der Waals surface area contributed by atoms with Gasteiger partial charge in [-0.2, -0.15) is 0 Å². The fraction of sp³-hybridized carbons (Fsp3) is 0.333. The highest BCUT2D eigenvalue weighted by molar-refractivity contribution is 6.34. The van der Waals surface area contributed by atoms with Crippen molar-refractivity contribution in [2.24, 2.45) is 11.8 Å². The number of hydrogen-bond donors (Lipinski definition) is 0. The molecule has 0 aliphatic heterocycles. The molecule has 28 heavy (non-hydrogen) atoms. The lowest BCUT2D eigenvalue weighted by atomic mass is 9.84. The van der Waals surface area contributed by atoms with Gasteiger partial charge in [-0.15, -0.1) is 6.58 Å². The highest BCUT2D eigenvalue weighted by Crippen LogP contribution is 2.22. The second-order valence-corrected chi connectivity index (χ2v) is 7.01. The molecule has 2 aromatic carbocycles. The van der Waals surface area contributed by atoms with Crippen LogP contribution in [-0.2, 0) is 32.1 Å². The third kappa shape index (κ3) is 6.78. The summed E-state index contributed by atoms with van der Waals surface area (Å²) in [6, 6.07) is 19.5. The van der Waals surface area contributed by atoms with E-state index in [9.17, 15) is 9.59 Å². The lowest BCUT2D eigenvalue weighted by Gasteiger charge is -2.23. The van der Waals surface area contributed by atoms with Crippen molar-refractivity contribution in [3.05, 3.63) is 84.4 Å². The predicted molar refractivity (Wildman–Crippen MR) is 110 cm³/mol. The van der Waals surface area contributed by atoms with E-state index in [1.165, 1.54) is 0 Å². The number of ether oxygens (including phenoxy) is 2. The Hall–Kier alpha value is -2.72. The summed E-state index contributed by atoms with van der Waals surface area (Å²) in [6.45, 7) is 8.06. The van der Waals surface area contributed by atoms with Gasteiger partial charge in [0.15, 0.2) is 0 Å². The van der Waals surface area contributed by atoms with Crippen molar-refractivity contribution >= 4 is 11.8 Å². The lowest BCUT2D eigenvalue weighted by molar-refractivity contribution is -0.159. The number of hydrogen-bond acceptors (Lipinski definition) is 4. The molecule has 0 N–H and O–H groups in total. The zero-order valence-corrected chi connectivity index (χ0v) is 16.5. The molecule has 0 unspecified atom stereocenters. The lowest BCUT2D eigenvalue weighted by Crippen LogP contribution is -2.35. The van der Waals surface area contributed by atoms with E-state index < -0.39 is 17.7 Å². The van der Waals surface area contributed by atoms with E-state index in [-0.39, 0.29) is 12.0 Å². The SMILES string of the molecule is C=C[C@H](COCc1ccccc1)[C@@H](Cc1ccccc1)C(=O)C(=O)OC(C)C. The molecule has 2 atom stereocenters. The fourth-order valence-electron chi connectivity index (χ4n) is 2.97. The van der Waals surface area contributed by atoms with Gasteiger partial charge in [-0.1, -0.05) is 66.7 Å². The summed E-state index contributed by atoms with van der Waals surface area (Å²) in [5, 5.41) is 0. The summed E-state index contributed by atoms with van der Waals surface area (Å²) in [7, 11) is 0. The van der Waals surface area contributed by atoms with Gasteiger partial charge in [0, 0.05) is 11.8 Å². The number of Topliss-reactive ketones (excluding diaryl/α,β-unsaturated/α-hetero) is 1. The van der Waals surface area contributed by atoms with Gasteiger partial charge in [0.05, 0.1) is 19.3 Å². The van der Waals surface area contributed by atoms with Crippen LogP contribution in [0.4, 0.5) is 0 Å². The maximum Gasteiger partial charge on any atom is 0.375 e. The summed E-state index contributed by atoms with van der Waals surface area (Å²) in [5.74, 6) is -2.21. The van der Waals surface area contributed by atoms with Crippen LogP contribution >= 0.6 is 0 Å². The molecule has 0 radical (unpaired) electrons. The maximum absolute atomic E-state index is 12.8. The molecular formula is C24H28O4. The Morgan fingerprint density at radius 3 is 2.07 bits per heavy atom. The van der Waals surface area contributed by atoms with Crippen LogP contribution < -0.4 is 0 Å². The van der Waals surface area contributed by atoms with Crippen LogP contribution in [0.5, 0.6) is 0 Å². The van der Waals surface area contributed by atoms with Crippen molar-refractivity contribution in [1.82, 2.24) is 0 Å². The van der Waals surface area contributed by atoms with Crippen molar-refractivity contribution in [2.45, 2.75) is 33.0 Å². The molecule has 0 saturated carbocycles. The third-order valence-corrected chi connectivity index (χ3v) is 4.42. The van der Waals surface area contributed by atoms with Crippen LogP contribution in [0, 0.1) is 11.8 Å². The van der Waals surface area contributed by atoms with Crippen LogP contribution in [0.25, 0.3) is 0 Å². The molecule has 2 rings (SSSR count). The minimum absolute atomic E-state index is 0.295. The van der Waals surface area contributed by atoms with Crippen molar-refractivity contribution in [2.75, 3.05) is 6.61 Å². The molecule has 0 aliphatic carbocycles. The highest BCUT2D eigenvalue weighted by Gasteiger charge is 2.33. The number of esters is 1. The number of ketones is 1. The van der Waals surface area contributed by atoms with Crippen molar-refractivity contribution in [3.63, 3.8) is 0 Å². The largest absolute Gasteiger partial charge is 0.457 e. The second-order valence-electron chi connectivity index (χ2n) is 7.01. The van der Waals surface area contributed by atoms with E-state index in [2.05, 4.69) is 6.58 Å². The zero-order chi connectivity index (χ0) is 20.4. The summed E-state index contributed by atoms with van der Waals surface area (Å²) in [6.07, 6.45) is 1.78. The van der Waals surface area contributed by atoms with Crippen LogP contribution in [0.1, 0.15) is 25.0 Å². The van der Waals surface area contributed by atoms with Gasteiger partial charge >= 0.3 is 5.97 Å². The molecule has 0 heterocycles. The Kier molecular flexibility index (Phi) is 8.63. The van der Waals surface area contributed by atoms with Crippen molar-refractivity contribution in [1.29, 1.82) is 0 Å². The first-order valence-corrected chi connectivity index (χ1v) is 9.54. The van der Waals surface area contributed by atoms with Crippen LogP contribution in [0.15, 0.2) is 73.3 Å². The first-order valence-electron chi connectivity index (χ1n) is 9.54. The smallest absolute Gasteiger partial charge is 0.375 e. The molecule has 4 nitrogen and oxygen atoms in total. The number of carbonyl (C=O) groups is 2. The van der Waals surface area contributed by atoms with E-state index in [0.717, 1.165) is 11.1 Å². The van der Waals surface area contributed by atoms with E-state index in [4.69, 9.17) is 9.47 Å². The van der Waals surface area contributed by atoms with Gasteiger partial charge in [-0.3, -0.25) is 4.79 Å². The molecule has 148 valence electrons. The number of benzene rings is 2. The summed E-state index contributed by atoms with van der Waals surface area (Å²) in [5.41, 5.74) is 2.03. The monoisotopic (exact) mass is 380 g/mol.